The summed E-state index contributed by atoms with van der Waals surface area (Å²) in [5, 5.41) is 13.9. The summed E-state index contributed by atoms with van der Waals surface area (Å²) in [4.78, 5) is 16.1. The number of hydrogen-bond acceptors (Lipinski definition) is 5. The van der Waals surface area contributed by atoms with Crippen LogP contribution in [0.3, 0.4) is 0 Å². The van der Waals surface area contributed by atoms with Gasteiger partial charge in [-0.1, -0.05) is 0 Å². The summed E-state index contributed by atoms with van der Waals surface area (Å²) in [6.45, 7) is 2.93. The monoisotopic (exact) mass is 241 g/mol. The zero-order chi connectivity index (χ0) is 13.0. The molecule has 1 atom stereocenters. The highest BCUT2D eigenvalue weighted by Crippen LogP contribution is 2.22. The third-order valence-electron chi connectivity index (χ3n) is 2.48. The van der Waals surface area contributed by atoms with Gasteiger partial charge in [-0.05, 0) is 43.9 Å². The Hall–Kier alpha value is -1.63. The first-order valence-electron chi connectivity index (χ1n) is 5.48. The predicted octanol–water partition coefficient (Wildman–Crippen LogP) is 1.08. The van der Waals surface area contributed by atoms with Gasteiger partial charge in [0.05, 0.1) is 0 Å². The van der Waals surface area contributed by atoms with Crippen LogP contribution < -0.4 is 5.32 Å². The molecule has 0 aliphatic carbocycles. The van der Waals surface area contributed by atoms with Crippen LogP contribution >= 0.6 is 0 Å². The number of aromatic nitrogens is 2. The van der Waals surface area contributed by atoms with Crippen molar-refractivity contribution in [2.75, 3.05) is 26.0 Å². The molecule has 7 nitrogen and oxygen atoms in total. The molecular formula is C10H19N5O2. The molecule has 1 unspecified atom stereocenters. The van der Waals surface area contributed by atoms with E-state index < -0.39 is 4.92 Å². The van der Waals surface area contributed by atoms with Crippen molar-refractivity contribution in [3.63, 3.8) is 0 Å². The van der Waals surface area contributed by atoms with Gasteiger partial charge in [-0.3, -0.25) is 4.57 Å². The van der Waals surface area contributed by atoms with Gasteiger partial charge in [0.1, 0.15) is 0 Å². The molecule has 0 saturated heterocycles. The van der Waals surface area contributed by atoms with Gasteiger partial charge in [-0.15, -0.1) is 0 Å². The maximum Gasteiger partial charge on any atom is 0.406 e. The van der Waals surface area contributed by atoms with E-state index in [4.69, 9.17) is 0 Å². The maximum atomic E-state index is 10.8. The van der Waals surface area contributed by atoms with E-state index in [2.05, 4.69) is 15.2 Å². The normalized spacial score (nSPS) is 12.8. The molecule has 17 heavy (non-hydrogen) atoms. The number of hydrogen-bond donors (Lipinski definition) is 1. The lowest BCUT2D eigenvalue weighted by Gasteiger charge is -2.17. The van der Waals surface area contributed by atoms with E-state index in [-0.39, 0.29) is 11.9 Å². The van der Waals surface area contributed by atoms with Crippen LogP contribution in [0.15, 0.2) is 6.33 Å². The number of nitrogens with one attached hydrogen (secondary N) is 1. The minimum absolute atomic E-state index is 0.121. The Morgan fingerprint density at radius 1 is 1.65 bits per heavy atom. The van der Waals surface area contributed by atoms with E-state index in [0.717, 1.165) is 13.0 Å². The fourth-order valence-electron chi connectivity index (χ4n) is 1.48. The number of rotatable bonds is 6. The van der Waals surface area contributed by atoms with Crippen molar-refractivity contribution in [1.29, 1.82) is 0 Å². The van der Waals surface area contributed by atoms with Crippen LogP contribution in [0.5, 0.6) is 0 Å². The zero-order valence-electron chi connectivity index (χ0n) is 10.7. The van der Waals surface area contributed by atoms with Gasteiger partial charge >= 0.3 is 5.82 Å². The molecular weight excluding hydrogens is 222 g/mol. The molecule has 0 radical (unpaired) electrons. The van der Waals surface area contributed by atoms with E-state index in [9.17, 15) is 10.1 Å². The fraction of sp³-hybridized carbons (Fsp3) is 0.700. The van der Waals surface area contributed by atoms with E-state index in [1.807, 2.05) is 21.0 Å². The van der Waals surface area contributed by atoms with Crippen molar-refractivity contribution < 1.29 is 4.92 Å². The van der Waals surface area contributed by atoms with E-state index in [1.54, 1.807) is 11.6 Å². The molecule has 1 heterocycles. The third-order valence-corrected chi connectivity index (χ3v) is 2.48. The molecule has 1 aromatic heterocycles. The van der Waals surface area contributed by atoms with Gasteiger partial charge in [-0.2, -0.15) is 0 Å². The number of nitrogens with zero attached hydrogens (tertiary/aromatic N) is 4. The van der Waals surface area contributed by atoms with Gasteiger partial charge in [0.15, 0.2) is 0 Å². The van der Waals surface area contributed by atoms with Crippen molar-refractivity contribution in [2.24, 2.45) is 7.05 Å². The van der Waals surface area contributed by atoms with Gasteiger partial charge in [0.25, 0.3) is 0 Å². The first kappa shape index (κ1) is 13.4. The fourth-order valence-corrected chi connectivity index (χ4v) is 1.48. The van der Waals surface area contributed by atoms with E-state index >= 15 is 0 Å². The molecule has 0 aliphatic heterocycles. The van der Waals surface area contributed by atoms with Crippen LogP contribution in [-0.4, -0.2) is 46.1 Å². The van der Waals surface area contributed by atoms with E-state index in [1.165, 1.54) is 6.33 Å². The number of nitro groups is 1. The topological polar surface area (TPSA) is 76.2 Å². The first-order valence-corrected chi connectivity index (χ1v) is 5.48. The average Bonchev–Trinajstić information content (AvgIpc) is 2.58. The van der Waals surface area contributed by atoms with Crippen LogP contribution in [0.2, 0.25) is 0 Å². The number of anilines is 1. The predicted molar refractivity (Wildman–Crippen MR) is 66.1 cm³/mol. The largest absolute Gasteiger partial charge is 0.406 e. The molecule has 1 rings (SSSR count). The zero-order valence-corrected chi connectivity index (χ0v) is 10.7. The van der Waals surface area contributed by atoms with Gasteiger partial charge < -0.3 is 20.3 Å². The van der Waals surface area contributed by atoms with Crippen molar-refractivity contribution in [3.05, 3.63) is 16.4 Å². The lowest BCUT2D eigenvalue weighted by molar-refractivity contribution is -0.388. The highest BCUT2D eigenvalue weighted by Gasteiger charge is 2.21. The minimum atomic E-state index is -0.471. The Balaban J connectivity index is 2.67. The molecule has 0 bridgehead atoms. The molecule has 0 aromatic carbocycles. The van der Waals surface area contributed by atoms with Gasteiger partial charge in [0.2, 0.25) is 12.1 Å². The maximum absolute atomic E-state index is 10.8. The van der Waals surface area contributed by atoms with Crippen molar-refractivity contribution in [2.45, 2.75) is 19.4 Å². The van der Waals surface area contributed by atoms with E-state index in [0.29, 0.717) is 5.82 Å². The van der Waals surface area contributed by atoms with Crippen molar-refractivity contribution in [3.8, 4) is 0 Å². The molecule has 0 fully saturated rings. The quantitative estimate of drug-likeness (QED) is 0.595. The van der Waals surface area contributed by atoms with Crippen LogP contribution in [0, 0.1) is 10.1 Å². The first-order chi connectivity index (χ1) is 7.91. The summed E-state index contributed by atoms with van der Waals surface area (Å²) < 4.78 is 1.63. The highest BCUT2D eigenvalue weighted by atomic mass is 16.6. The Morgan fingerprint density at radius 3 is 2.82 bits per heavy atom. The summed E-state index contributed by atoms with van der Waals surface area (Å²) in [6.07, 6.45) is 2.36. The summed E-state index contributed by atoms with van der Waals surface area (Å²) in [6, 6.07) is 0.159. The van der Waals surface area contributed by atoms with Crippen LogP contribution in [0.25, 0.3) is 0 Å². The second-order valence-electron chi connectivity index (χ2n) is 4.42. The SMILES string of the molecule is CC(CCN(C)C)Nc1c([N+](=O)[O-])ncn1C. The minimum Gasteiger partial charge on any atom is -0.362 e. The Morgan fingerprint density at radius 2 is 2.29 bits per heavy atom. The van der Waals surface area contributed by atoms with Crippen molar-refractivity contribution in [1.82, 2.24) is 14.5 Å². The van der Waals surface area contributed by atoms with Crippen LogP contribution in [0.1, 0.15) is 13.3 Å². The Bertz CT molecular complexity index is 388. The Labute approximate surface area is 101 Å². The summed E-state index contributed by atoms with van der Waals surface area (Å²) >= 11 is 0. The van der Waals surface area contributed by atoms with Crippen molar-refractivity contribution >= 4 is 11.6 Å². The molecule has 1 aromatic rings. The van der Waals surface area contributed by atoms with Crippen LogP contribution in [0.4, 0.5) is 11.6 Å². The third kappa shape index (κ3) is 3.70. The second kappa shape index (κ2) is 5.62. The number of aryl methyl sites for hydroxylation is 1. The molecule has 1 N–H and O–H groups in total. The van der Waals surface area contributed by atoms with Gasteiger partial charge in [-0.25, -0.2) is 0 Å². The Kier molecular flexibility index (Phi) is 4.45. The highest BCUT2D eigenvalue weighted by molar-refractivity contribution is 5.52. The second-order valence-corrected chi connectivity index (χ2v) is 4.42. The molecule has 0 saturated carbocycles. The molecule has 0 spiro atoms. The van der Waals surface area contributed by atoms with Gasteiger partial charge in [0, 0.05) is 13.1 Å². The average molecular weight is 241 g/mol. The molecule has 7 heteroatoms. The number of imidazole rings is 1. The lowest BCUT2D eigenvalue weighted by Crippen LogP contribution is -2.24. The summed E-state index contributed by atoms with van der Waals surface area (Å²) in [5.41, 5.74) is 0. The molecule has 0 aliphatic rings. The standard InChI is InChI=1S/C10H19N5O2/c1-8(5-6-13(2)3)12-10-9(15(16)17)11-7-14(10)4/h7-8,12H,5-6H2,1-4H3. The summed E-state index contributed by atoms with van der Waals surface area (Å²) in [7, 11) is 5.74. The van der Waals surface area contributed by atoms with Crippen LogP contribution in [-0.2, 0) is 7.05 Å². The molecule has 0 amide bonds. The summed E-state index contributed by atoms with van der Waals surface area (Å²) in [5.74, 6) is 0.338. The molecule has 96 valence electrons. The smallest absolute Gasteiger partial charge is 0.362 e. The lowest BCUT2D eigenvalue weighted by atomic mass is 10.2.